The van der Waals surface area contributed by atoms with Crippen molar-refractivity contribution in [1.29, 1.82) is 0 Å². The van der Waals surface area contributed by atoms with Crippen molar-refractivity contribution in [2.24, 2.45) is 0 Å². The van der Waals surface area contributed by atoms with Crippen molar-refractivity contribution in [1.82, 2.24) is 15.3 Å². The Morgan fingerprint density at radius 1 is 1.44 bits per heavy atom. The van der Waals surface area contributed by atoms with Gasteiger partial charge in [-0.05, 0) is 31.4 Å². The number of rotatable bonds is 6. The van der Waals surface area contributed by atoms with Crippen LogP contribution in [0.2, 0.25) is 0 Å². The summed E-state index contributed by atoms with van der Waals surface area (Å²) in [6.07, 6.45) is 8.06. The first-order chi connectivity index (χ1) is 12.3. The third-order valence-corrected chi connectivity index (χ3v) is 4.96. The zero-order chi connectivity index (χ0) is 17.2. The van der Waals surface area contributed by atoms with Gasteiger partial charge in [-0.3, -0.25) is 4.79 Å². The summed E-state index contributed by atoms with van der Waals surface area (Å²) in [7, 11) is 1.72. The van der Waals surface area contributed by atoms with E-state index in [9.17, 15) is 4.79 Å². The Balaban J connectivity index is 1.43. The molecule has 1 saturated carbocycles. The Hall–Kier alpha value is -2.41. The number of carbonyl (C=O) groups excluding carboxylic acids is 1. The molecule has 3 heterocycles. The number of hydrogen-bond donors (Lipinski definition) is 1. The van der Waals surface area contributed by atoms with Crippen LogP contribution in [0.1, 0.15) is 41.3 Å². The molecule has 2 aromatic heterocycles. The van der Waals surface area contributed by atoms with E-state index in [-0.39, 0.29) is 18.1 Å². The van der Waals surface area contributed by atoms with Crippen molar-refractivity contribution in [3.63, 3.8) is 0 Å². The molecule has 7 heteroatoms. The number of carbonyl (C=O) groups is 1. The molecule has 25 heavy (non-hydrogen) atoms. The zero-order valence-electron chi connectivity index (χ0n) is 14.2. The van der Waals surface area contributed by atoms with Gasteiger partial charge in [0.05, 0.1) is 24.0 Å². The van der Waals surface area contributed by atoms with Gasteiger partial charge in [0, 0.05) is 32.3 Å². The highest BCUT2D eigenvalue weighted by Crippen LogP contribution is 2.42. The second-order valence-corrected chi connectivity index (χ2v) is 6.65. The molecular formula is C18H22N4O3. The van der Waals surface area contributed by atoms with E-state index in [0.29, 0.717) is 18.0 Å². The van der Waals surface area contributed by atoms with Crippen LogP contribution in [0.5, 0.6) is 0 Å². The summed E-state index contributed by atoms with van der Waals surface area (Å²) in [6.45, 7) is 1.30. The summed E-state index contributed by atoms with van der Waals surface area (Å²) in [5, 5.41) is 3.05. The van der Waals surface area contributed by atoms with E-state index in [1.54, 1.807) is 32.0 Å². The summed E-state index contributed by atoms with van der Waals surface area (Å²) in [5.41, 5.74) is 0.664. The van der Waals surface area contributed by atoms with Gasteiger partial charge in [-0.15, -0.1) is 0 Å². The standard InChI is InChI=1S/C18H22N4O3/c1-24-14-8-13(22(10-14)16-4-6-19-11-21-16)9-20-18(23)15-5-7-25-17(15)12-2-3-12/h4-7,11-14H,2-3,8-10H2,1H3,(H,20,23)/t13-,14-/m1/s1. The molecule has 1 aliphatic heterocycles. The van der Waals surface area contributed by atoms with Gasteiger partial charge in [-0.1, -0.05) is 0 Å². The van der Waals surface area contributed by atoms with E-state index < -0.39 is 0 Å². The van der Waals surface area contributed by atoms with Crippen molar-refractivity contribution in [2.45, 2.75) is 37.3 Å². The van der Waals surface area contributed by atoms with E-state index in [1.165, 1.54) is 0 Å². The predicted molar refractivity (Wildman–Crippen MR) is 91.6 cm³/mol. The Labute approximate surface area is 146 Å². The van der Waals surface area contributed by atoms with Crippen LogP contribution in [-0.2, 0) is 4.74 Å². The molecule has 1 saturated heterocycles. The summed E-state index contributed by atoms with van der Waals surface area (Å²) in [4.78, 5) is 23.0. The number of ether oxygens (including phenoxy) is 1. The van der Waals surface area contributed by atoms with Gasteiger partial charge < -0.3 is 19.4 Å². The molecule has 132 valence electrons. The molecule has 0 unspecified atom stereocenters. The maximum atomic E-state index is 12.6. The third kappa shape index (κ3) is 3.37. The number of anilines is 1. The minimum Gasteiger partial charge on any atom is -0.468 e. The van der Waals surface area contributed by atoms with Crippen molar-refractivity contribution < 1.29 is 13.9 Å². The van der Waals surface area contributed by atoms with Gasteiger partial charge in [0.15, 0.2) is 0 Å². The lowest BCUT2D eigenvalue weighted by Crippen LogP contribution is -2.40. The van der Waals surface area contributed by atoms with E-state index in [1.807, 2.05) is 6.07 Å². The molecule has 4 rings (SSSR count). The molecule has 0 spiro atoms. The number of methoxy groups -OCH3 is 1. The lowest BCUT2D eigenvalue weighted by molar-refractivity contribution is 0.0944. The topological polar surface area (TPSA) is 80.5 Å². The SMILES string of the molecule is CO[C@@H]1C[C@H](CNC(=O)c2ccoc2C2CC2)N(c2ccncn2)C1. The van der Waals surface area contributed by atoms with Crippen molar-refractivity contribution in [2.75, 3.05) is 25.1 Å². The van der Waals surface area contributed by atoms with Crippen LogP contribution in [0.25, 0.3) is 0 Å². The lowest BCUT2D eigenvalue weighted by atomic mass is 10.1. The Bertz CT molecular complexity index is 729. The minimum absolute atomic E-state index is 0.0702. The summed E-state index contributed by atoms with van der Waals surface area (Å²) in [6, 6.07) is 3.78. The second-order valence-electron chi connectivity index (χ2n) is 6.65. The molecule has 2 fully saturated rings. The molecule has 0 aromatic carbocycles. The van der Waals surface area contributed by atoms with Gasteiger partial charge >= 0.3 is 0 Å². The first-order valence-corrected chi connectivity index (χ1v) is 8.67. The molecule has 2 aliphatic rings. The van der Waals surface area contributed by atoms with Crippen molar-refractivity contribution in [3.8, 4) is 0 Å². The number of amides is 1. The van der Waals surface area contributed by atoms with Crippen LogP contribution in [-0.4, -0.2) is 48.2 Å². The summed E-state index contributed by atoms with van der Waals surface area (Å²) in [5.74, 6) is 2.03. The fourth-order valence-corrected chi connectivity index (χ4v) is 3.45. The third-order valence-electron chi connectivity index (χ3n) is 4.96. The molecule has 2 aromatic rings. The fourth-order valence-electron chi connectivity index (χ4n) is 3.45. The van der Waals surface area contributed by atoms with E-state index in [2.05, 4.69) is 20.2 Å². The molecular weight excluding hydrogens is 320 g/mol. The van der Waals surface area contributed by atoms with Gasteiger partial charge in [0.2, 0.25) is 0 Å². The average Bonchev–Trinajstić information content (AvgIpc) is 3.22. The number of aromatic nitrogens is 2. The number of furan rings is 1. The first-order valence-electron chi connectivity index (χ1n) is 8.67. The van der Waals surface area contributed by atoms with Gasteiger partial charge in [0.1, 0.15) is 17.9 Å². The van der Waals surface area contributed by atoms with E-state index >= 15 is 0 Å². The van der Waals surface area contributed by atoms with Crippen LogP contribution in [0.15, 0.2) is 35.3 Å². The minimum atomic E-state index is -0.0702. The maximum absolute atomic E-state index is 12.6. The van der Waals surface area contributed by atoms with Crippen LogP contribution < -0.4 is 10.2 Å². The largest absolute Gasteiger partial charge is 0.468 e. The summed E-state index contributed by atoms with van der Waals surface area (Å²) < 4.78 is 11.0. The highest BCUT2D eigenvalue weighted by atomic mass is 16.5. The first kappa shape index (κ1) is 16.1. The molecule has 0 bridgehead atoms. The molecule has 1 N–H and O–H groups in total. The van der Waals surface area contributed by atoms with Gasteiger partial charge in [-0.25, -0.2) is 9.97 Å². The van der Waals surface area contributed by atoms with Crippen LogP contribution in [0, 0.1) is 0 Å². The Kier molecular flexibility index (Phi) is 4.40. The van der Waals surface area contributed by atoms with Crippen LogP contribution in [0.3, 0.4) is 0 Å². The van der Waals surface area contributed by atoms with Gasteiger partial charge in [0.25, 0.3) is 5.91 Å². The Morgan fingerprint density at radius 2 is 2.32 bits per heavy atom. The fraction of sp³-hybridized carbons (Fsp3) is 0.500. The van der Waals surface area contributed by atoms with Crippen molar-refractivity contribution in [3.05, 3.63) is 42.2 Å². The highest BCUT2D eigenvalue weighted by Gasteiger charge is 2.34. The van der Waals surface area contributed by atoms with E-state index in [0.717, 1.165) is 37.4 Å². The van der Waals surface area contributed by atoms with Crippen LogP contribution in [0.4, 0.5) is 5.82 Å². The quantitative estimate of drug-likeness (QED) is 0.864. The van der Waals surface area contributed by atoms with Crippen LogP contribution >= 0.6 is 0 Å². The molecule has 1 aliphatic carbocycles. The number of nitrogens with one attached hydrogen (secondary N) is 1. The maximum Gasteiger partial charge on any atom is 0.254 e. The normalized spacial score (nSPS) is 23.0. The lowest BCUT2D eigenvalue weighted by Gasteiger charge is -2.25. The second kappa shape index (κ2) is 6.84. The molecule has 2 atom stereocenters. The van der Waals surface area contributed by atoms with E-state index in [4.69, 9.17) is 9.15 Å². The van der Waals surface area contributed by atoms with Crippen molar-refractivity contribution >= 4 is 11.7 Å². The smallest absolute Gasteiger partial charge is 0.254 e. The Morgan fingerprint density at radius 3 is 3.04 bits per heavy atom. The number of hydrogen-bond acceptors (Lipinski definition) is 6. The average molecular weight is 342 g/mol. The summed E-state index contributed by atoms with van der Waals surface area (Å²) >= 11 is 0. The zero-order valence-corrected chi connectivity index (χ0v) is 14.2. The molecule has 7 nitrogen and oxygen atoms in total. The monoisotopic (exact) mass is 342 g/mol. The predicted octanol–water partition coefficient (Wildman–Crippen LogP) is 1.97. The number of nitrogens with zero attached hydrogens (tertiary/aromatic N) is 3. The molecule has 0 radical (unpaired) electrons. The molecule has 1 amide bonds. The van der Waals surface area contributed by atoms with Gasteiger partial charge in [-0.2, -0.15) is 0 Å². The highest BCUT2D eigenvalue weighted by molar-refractivity contribution is 5.95.